The molecule has 3 aromatic carbocycles. The predicted octanol–water partition coefficient (Wildman–Crippen LogP) is 5.05. The molecule has 1 saturated heterocycles. The highest BCUT2D eigenvalue weighted by atomic mass is 35.5. The van der Waals surface area contributed by atoms with Crippen molar-refractivity contribution in [3.05, 3.63) is 93.0 Å². The molecule has 1 unspecified atom stereocenters. The number of aromatic hydroxyl groups is 1. The van der Waals surface area contributed by atoms with E-state index in [1.165, 1.54) is 43.4 Å². The molecule has 4 rings (SSSR count). The van der Waals surface area contributed by atoms with Crippen molar-refractivity contribution in [1.29, 1.82) is 0 Å². The number of anilines is 1. The number of carbonyl (C=O) groups excluding carboxylic acids is 3. The summed E-state index contributed by atoms with van der Waals surface area (Å²) in [6.07, 6.45) is 0.0340. The van der Waals surface area contributed by atoms with Crippen molar-refractivity contribution in [1.82, 2.24) is 0 Å². The minimum absolute atomic E-state index is 0.0174. The molecule has 0 saturated carbocycles. The number of benzene rings is 3. The molecule has 1 amide bonds. The number of methoxy groups -OCH3 is 2. The van der Waals surface area contributed by atoms with Crippen LogP contribution in [-0.2, 0) is 25.5 Å². The number of ether oxygens (including phenoxy) is 2. The third-order valence-electron chi connectivity index (χ3n) is 5.91. The maximum atomic E-state index is 13.3. The monoisotopic (exact) mass is 541 g/mol. The van der Waals surface area contributed by atoms with Gasteiger partial charge in [0.15, 0.2) is 0 Å². The number of phenols is 1. The van der Waals surface area contributed by atoms with Crippen molar-refractivity contribution in [2.24, 2.45) is 0 Å². The minimum Gasteiger partial charge on any atom is -0.508 e. The van der Waals surface area contributed by atoms with Gasteiger partial charge in [0, 0.05) is 10.7 Å². The molecular weight excluding hydrogens is 521 g/mol. The average molecular weight is 542 g/mol. The number of hydrogen-bond acceptors (Lipinski definition) is 7. The molecule has 10 heteroatoms. The summed E-state index contributed by atoms with van der Waals surface area (Å²) >= 11 is 12.4. The molecule has 1 atom stereocenters. The zero-order chi connectivity index (χ0) is 26.9. The first-order valence-corrected chi connectivity index (χ1v) is 11.7. The molecule has 2 N–H and O–H groups in total. The summed E-state index contributed by atoms with van der Waals surface area (Å²) in [6, 6.07) is 14.1. The van der Waals surface area contributed by atoms with Gasteiger partial charge in [-0.2, -0.15) is 0 Å². The number of hydrogen-bond donors (Lipinski definition) is 2. The summed E-state index contributed by atoms with van der Waals surface area (Å²) in [5.74, 6) is -2.71. The van der Waals surface area contributed by atoms with E-state index in [9.17, 15) is 24.6 Å². The van der Waals surface area contributed by atoms with Crippen LogP contribution in [0.4, 0.5) is 5.69 Å². The molecule has 1 fully saturated rings. The lowest BCUT2D eigenvalue weighted by molar-refractivity contribution is -0.139. The van der Waals surface area contributed by atoms with Crippen molar-refractivity contribution >= 4 is 52.3 Å². The van der Waals surface area contributed by atoms with Crippen LogP contribution in [0, 0.1) is 0 Å². The van der Waals surface area contributed by atoms with Crippen molar-refractivity contribution in [2.45, 2.75) is 12.5 Å². The molecular formula is C27H21Cl2NO7. The van der Waals surface area contributed by atoms with Crippen LogP contribution in [0.15, 0.2) is 66.2 Å². The van der Waals surface area contributed by atoms with Crippen LogP contribution in [0.1, 0.15) is 22.7 Å². The van der Waals surface area contributed by atoms with Gasteiger partial charge < -0.3 is 19.7 Å². The van der Waals surface area contributed by atoms with Crippen molar-refractivity contribution in [3.63, 3.8) is 0 Å². The number of rotatable bonds is 6. The Balaban J connectivity index is 1.91. The van der Waals surface area contributed by atoms with E-state index >= 15 is 0 Å². The summed E-state index contributed by atoms with van der Waals surface area (Å²) in [7, 11) is 2.63. The first-order chi connectivity index (χ1) is 17.7. The second-order valence-corrected chi connectivity index (χ2v) is 8.99. The lowest BCUT2D eigenvalue weighted by atomic mass is 9.94. The molecule has 0 aromatic heterocycles. The van der Waals surface area contributed by atoms with E-state index in [4.69, 9.17) is 27.9 Å². The minimum atomic E-state index is -1.06. The number of halogens is 2. The van der Waals surface area contributed by atoms with E-state index in [-0.39, 0.29) is 39.1 Å². The highest BCUT2D eigenvalue weighted by Gasteiger charge is 2.47. The molecule has 1 aliphatic heterocycles. The zero-order valence-electron chi connectivity index (χ0n) is 19.7. The quantitative estimate of drug-likeness (QED) is 0.194. The molecule has 0 spiro atoms. The molecule has 1 aliphatic rings. The topological polar surface area (TPSA) is 113 Å². The Morgan fingerprint density at radius 2 is 1.65 bits per heavy atom. The van der Waals surface area contributed by atoms with Crippen molar-refractivity contribution < 1.29 is 34.1 Å². The van der Waals surface area contributed by atoms with Gasteiger partial charge in [0.2, 0.25) is 0 Å². The van der Waals surface area contributed by atoms with E-state index < -0.39 is 29.5 Å². The Bertz CT molecular complexity index is 1420. The molecule has 37 heavy (non-hydrogen) atoms. The second kappa shape index (κ2) is 10.5. The SMILES string of the molecule is COC(=O)Cc1ccc(N2C(=O)C(=O)/C(=C(/O)c3cc(Cl)cc(Cl)c3OC)C2c2ccc(O)cc2)cc1. The van der Waals surface area contributed by atoms with Crippen LogP contribution in [-0.4, -0.2) is 42.1 Å². The highest BCUT2D eigenvalue weighted by molar-refractivity contribution is 6.52. The molecule has 0 bridgehead atoms. The maximum Gasteiger partial charge on any atom is 0.309 e. The number of ketones is 1. The fraction of sp³-hybridized carbons (Fsp3) is 0.148. The molecule has 3 aromatic rings. The van der Waals surface area contributed by atoms with E-state index in [2.05, 4.69) is 4.74 Å². The van der Waals surface area contributed by atoms with Crippen LogP contribution >= 0.6 is 23.2 Å². The van der Waals surface area contributed by atoms with Gasteiger partial charge in [-0.15, -0.1) is 0 Å². The third-order valence-corrected chi connectivity index (χ3v) is 6.41. The molecule has 190 valence electrons. The first-order valence-electron chi connectivity index (χ1n) is 10.9. The highest BCUT2D eigenvalue weighted by Crippen LogP contribution is 2.45. The fourth-order valence-electron chi connectivity index (χ4n) is 4.17. The lowest BCUT2D eigenvalue weighted by Gasteiger charge is -2.26. The first kappa shape index (κ1) is 26.1. The Labute approximate surface area is 222 Å². The molecule has 0 aliphatic carbocycles. The van der Waals surface area contributed by atoms with Crippen molar-refractivity contribution in [3.8, 4) is 11.5 Å². The summed E-state index contributed by atoms with van der Waals surface area (Å²) in [4.78, 5) is 39.5. The number of aliphatic hydroxyl groups is 1. The van der Waals surface area contributed by atoms with Crippen molar-refractivity contribution in [2.75, 3.05) is 19.1 Å². The smallest absolute Gasteiger partial charge is 0.309 e. The van der Waals surface area contributed by atoms with Crippen LogP contribution in [0.3, 0.4) is 0 Å². The number of amides is 1. The van der Waals surface area contributed by atoms with E-state index in [0.29, 0.717) is 16.8 Å². The Morgan fingerprint density at radius 3 is 2.24 bits per heavy atom. The van der Waals surface area contributed by atoms with Crippen LogP contribution < -0.4 is 9.64 Å². The largest absolute Gasteiger partial charge is 0.508 e. The van der Waals surface area contributed by atoms with E-state index in [1.807, 2.05) is 0 Å². The predicted molar refractivity (Wildman–Crippen MR) is 138 cm³/mol. The Hall–Kier alpha value is -4.01. The Morgan fingerprint density at radius 1 is 1.00 bits per heavy atom. The van der Waals surface area contributed by atoms with Gasteiger partial charge in [0.25, 0.3) is 11.7 Å². The second-order valence-electron chi connectivity index (χ2n) is 8.15. The lowest BCUT2D eigenvalue weighted by Crippen LogP contribution is -2.29. The number of carbonyl (C=O) groups is 3. The standard InChI is InChI=1S/C27H21Cl2NO7/c1-36-21(32)11-14-3-7-17(8-4-14)30-23(15-5-9-18(31)10-6-15)22(25(34)27(30)35)24(33)19-12-16(28)13-20(29)26(19)37-2/h3-10,12-13,23,31,33H,11H2,1-2H3/b24-22+. The van der Waals surface area contributed by atoms with Gasteiger partial charge in [0.05, 0.1) is 42.8 Å². The fourth-order valence-corrected chi connectivity index (χ4v) is 4.74. The van der Waals surface area contributed by atoms with Gasteiger partial charge in [0.1, 0.15) is 17.3 Å². The van der Waals surface area contributed by atoms with E-state index in [1.54, 1.807) is 36.4 Å². The average Bonchev–Trinajstić information content (AvgIpc) is 3.14. The summed E-state index contributed by atoms with van der Waals surface area (Å²) in [6.45, 7) is 0. The number of phenolic OH excluding ortho intramolecular Hbond substituents is 1. The summed E-state index contributed by atoms with van der Waals surface area (Å²) < 4.78 is 10.0. The zero-order valence-corrected chi connectivity index (χ0v) is 21.2. The number of nitrogens with zero attached hydrogens (tertiary/aromatic N) is 1. The van der Waals surface area contributed by atoms with Crippen LogP contribution in [0.25, 0.3) is 5.76 Å². The van der Waals surface area contributed by atoms with Gasteiger partial charge in [-0.25, -0.2) is 0 Å². The summed E-state index contributed by atoms with van der Waals surface area (Å²) in [5.41, 5.74) is 1.26. The van der Waals surface area contributed by atoms with Gasteiger partial charge in [-0.3, -0.25) is 19.3 Å². The molecule has 1 heterocycles. The van der Waals surface area contributed by atoms with E-state index in [0.717, 1.165) is 0 Å². The normalized spacial score (nSPS) is 16.6. The van der Waals surface area contributed by atoms with Gasteiger partial charge >= 0.3 is 5.97 Å². The van der Waals surface area contributed by atoms with Gasteiger partial charge in [-0.05, 0) is 47.5 Å². The summed E-state index contributed by atoms with van der Waals surface area (Å²) in [5, 5.41) is 21.5. The maximum absolute atomic E-state index is 13.3. The Kier molecular flexibility index (Phi) is 7.42. The third kappa shape index (κ3) is 4.98. The van der Waals surface area contributed by atoms with Crippen LogP contribution in [0.2, 0.25) is 10.0 Å². The van der Waals surface area contributed by atoms with Gasteiger partial charge in [-0.1, -0.05) is 47.5 Å². The molecule has 0 radical (unpaired) electrons. The van der Waals surface area contributed by atoms with Crippen LogP contribution in [0.5, 0.6) is 11.5 Å². The molecule has 8 nitrogen and oxygen atoms in total. The number of aliphatic hydroxyl groups excluding tert-OH is 1. The number of Topliss-reactive ketones (excluding diaryl/α,β-unsaturated/α-hetero) is 1. The number of esters is 1.